The van der Waals surface area contributed by atoms with E-state index in [4.69, 9.17) is 4.74 Å². The molecule has 1 aliphatic rings. The smallest absolute Gasteiger partial charge is 1.00 e. The fourth-order valence-electron chi connectivity index (χ4n) is 2.16. The Morgan fingerprint density at radius 1 is 1.16 bits per heavy atom. The first kappa shape index (κ1) is 18.8. The first-order valence-electron chi connectivity index (χ1n) is 6.03. The van der Waals surface area contributed by atoms with E-state index >= 15 is 0 Å². The van der Waals surface area contributed by atoms with Gasteiger partial charge < -0.3 is 24.8 Å². The second-order valence-corrected chi connectivity index (χ2v) is 5.22. The van der Waals surface area contributed by atoms with Crippen molar-refractivity contribution in [2.24, 2.45) is 0 Å². The van der Waals surface area contributed by atoms with E-state index in [1.54, 1.807) is 7.11 Å². The Hall–Kier alpha value is -0.206. The zero-order chi connectivity index (χ0) is 12.1. The van der Waals surface area contributed by atoms with Crippen molar-refractivity contribution in [2.45, 2.75) is 25.7 Å². The molecule has 0 fully saturated rings. The van der Waals surface area contributed by atoms with Gasteiger partial charge in [0.05, 0.1) is 0 Å². The predicted octanol–water partition coefficient (Wildman–Crippen LogP) is -2.21. The van der Waals surface area contributed by atoms with Crippen LogP contribution in [0.4, 0.5) is 0 Å². The summed E-state index contributed by atoms with van der Waals surface area (Å²) in [6, 6.07) is 8.30. The minimum atomic E-state index is 0. The molecular weight excluding hydrogens is 315 g/mol. The molecule has 0 spiro atoms. The Bertz CT molecular complexity index is 455. The second-order valence-electron chi connectivity index (χ2n) is 4.28. The Balaban J connectivity index is 0.00000162. The average Bonchev–Trinajstić information content (AvgIpc) is 2.76. The molecule has 0 aromatic heterocycles. The van der Waals surface area contributed by atoms with Gasteiger partial charge in [-0.15, -0.1) is 0 Å². The molecule has 1 nitrogen and oxygen atoms in total. The van der Waals surface area contributed by atoms with Crippen molar-refractivity contribution in [1.29, 1.82) is 0 Å². The fraction of sp³-hybridized carbons (Fsp3) is 0.333. The molecule has 19 heavy (non-hydrogen) atoms. The predicted molar refractivity (Wildman–Crippen MR) is 66.7 cm³/mol. The molecule has 101 valence electrons. The van der Waals surface area contributed by atoms with Crippen molar-refractivity contribution in [3.05, 3.63) is 51.4 Å². The average molecular weight is 332 g/mol. The van der Waals surface area contributed by atoms with E-state index in [1.165, 1.54) is 27.9 Å². The molecular formula is C15H17Cl2OTi. The number of benzene rings is 1. The van der Waals surface area contributed by atoms with E-state index in [1.807, 2.05) is 12.1 Å². The SMILES string of the molecule is COc1ccccc1CCCC1=[C]([Ti+2])CC=C1.[Cl-].[Cl-]. The molecule has 0 saturated carbocycles. The van der Waals surface area contributed by atoms with Crippen LogP contribution < -0.4 is 29.6 Å². The molecule has 0 radical (unpaired) electrons. The van der Waals surface area contributed by atoms with E-state index in [0.29, 0.717) is 0 Å². The molecule has 1 aliphatic carbocycles. The summed E-state index contributed by atoms with van der Waals surface area (Å²) < 4.78 is 6.90. The zero-order valence-corrected chi connectivity index (χ0v) is 14.0. The number of methoxy groups -OCH3 is 1. The van der Waals surface area contributed by atoms with Crippen molar-refractivity contribution in [1.82, 2.24) is 0 Å². The molecule has 0 aliphatic heterocycles. The van der Waals surface area contributed by atoms with Gasteiger partial charge in [0, 0.05) is 0 Å². The molecule has 2 rings (SSSR count). The minimum absolute atomic E-state index is 0. The molecule has 0 saturated heterocycles. The summed E-state index contributed by atoms with van der Waals surface area (Å²) in [4.78, 5) is 0. The standard InChI is InChI=1S/C15H17O.2ClH.Ti/c1-16-15-12-5-4-10-14(15)11-6-9-13-7-2-3-8-13;;;/h2,4-5,7,10,12H,3,6,9,11H2,1H3;2*1H;/q;;;+2/p-2. The number of allylic oxidation sites excluding steroid dienone is 4. The van der Waals surface area contributed by atoms with Crippen molar-refractivity contribution < 1.29 is 50.0 Å². The molecule has 0 bridgehead atoms. The van der Waals surface area contributed by atoms with E-state index < -0.39 is 0 Å². The number of halogens is 2. The number of para-hydroxylation sites is 1. The first-order valence-corrected chi connectivity index (χ1v) is 6.81. The fourth-order valence-corrected chi connectivity index (χ4v) is 2.67. The van der Waals surface area contributed by atoms with Gasteiger partial charge in [0.25, 0.3) is 0 Å². The maximum atomic E-state index is 5.36. The maximum Gasteiger partial charge on any atom is -1.00 e. The van der Waals surface area contributed by atoms with Crippen LogP contribution in [0.2, 0.25) is 0 Å². The Kier molecular flexibility index (Phi) is 9.55. The third-order valence-corrected chi connectivity index (χ3v) is 3.93. The van der Waals surface area contributed by atoms with Gasteiger partial charge in [-0.25, -0.2) is 0 Å². The van der Waals surface area contributed by atoms with Gasteiger partial charge in [0.2, 0.25) is 0 Å². The summed E-state index contributed by atoms with van der Waals surface area (Å²) in [5.41, 5.74) is 2.84. The van der Waals surface area contributed by atoms with Gasteiger partial charge in [-0.1, -0.05) is 0 Å². The summed E-state index contributed by atoms with van der Waals surface area (Å²) in [5.74, 6) is 1.01. The number of hydrogen-bond donors (Lipinski definition) is 0. The van der Waals surface area contributed by atoms with Gasteiger partial charge >= 0.3 is 115 Å². The van der Waals surface area contributed by atoms with E-state index in [0.717, 1.165) is 18.6 Å². The van der Waals surface area contributed by atoms with Gasteiger partial charge in [-0.05, 0) is 0 Å². The molecule has 4 heteroatoms. The number of rotatable bonds is 5. The Labute approximate surface area is 139 Å². The van der Waals surface area contributed by atoms with Crippen molar-refractivity contribution >= 4 is 0 Å². The van der Waals surface area contributed by atoms with E-state index in [-0.39, 0.29) is 24.8 Å². The topological polar surface area (TPSA) is 9.23 Å². The van der Waals surface area contributed by atoms with Crippen molar-refractivity contribution in [3.63, 3.8) is 0 Å². The Morgan fingerprint density at radius 2 is 1.89 bits per heavy atom. The van der Waals surface area contributed by atoms with Crippen LogP contribution in [0.5, 0.6) is 5.75 Å². The number of hydrogen-bond acceptors (Lipinski definition) is 1. The molecule has 0 atom stereocenters. The number of aryl methyl sites for hydroxylation is 1. The van der Waals surface area contributed by atoms with Crippen LogP contribution in [0.3, 0.4) is 0 Å². The van der Waals surface area contributed by atoms with Crippen LogP contribution in [0.15, 0.2) is 45.9 Å². The normalized spacial score (nSPS) is 13.0. The minimum Gasteiger partial charge on any atom is -1.00 e. The molecule has 1 aromatic carbocycles. The van der Waals surface area contributed by atoms with Crippen LogP contribution in [0.25, 0.3) is 0 Å². The molecule has 1 aromatic rings. The largest absolute Gasteiger partial charge is 1.00 e. The summed E-state index contributed by atoms with van der Waals surface area (Å²) in [7, 11) is 1.74. The van der Waals surface area contributed by atoms with Crippen LogP contribution in [0, 0.1) is 0 Å². The monoisotopic (exact) mass is 331 g/mol. The van der Waals surface area contributed by atoms with Crippen LogP contribution in [-0.2, 0) is 26.9 Å². The van der Waals surface area contributed by atoms with E-state index in [2.05, 4.69) is 44.7 Å². The van der Waals surface area contributed by atoms with Crippen LogP contribution in [-0.4, -0.2) is 7.11 Å². The number of ether oxygens (including phenoxy) is 1. The molecule has 0 unspecified atom stereocenters. The van der Waals surface area contributed by atoms with Crippen LogP contribution in [0.1, 0.15) is 24.8 Å². The molecule has 0 amide bonds. The van der Waals surface area contributed by atoms with Gasteiger partial charge in [-0.3, -0.25) is 0 Å². The Morgan fingerprint density at radius 3 is 2.53 bits per heavy atom. The van der Waals surface area contributed by atoms with Crippen molar-refractivity contribution in [3.8, 4) is 5.75 Å². The first-order chi connectivity index (χ1) is 8.31. The van der Waals surface area contributed by atoms with Crippen LogP contribution >= 0.6 is 0 Å². The molecule has 0 N–H and O–H groups in total. The zero-order valence-electron chi connectivity index (χ0n) is 11.0. The summed E-state index contributed by atoms with van der Waals surface area (Å²) in [6.07, 6.45) is 9.14. The maximum absolute atomic E-state index is 5.36. The van der Waals surface area contributed by atoms with Gasteiger partial charge in [0.15, 0.2) is 0 Å². The van der Waals surface area contributed by atoms with Gasteiger partial charge in [-0.2, -0.15) is 0 Å². The summed E-state index contributed by atoms with van der Waals surface area (Å²) in [6.45, 7) is 0. The third kappa shape index (κ3) is 5.35. The van der Waals surface area contributed by atoms with Gasteiger partial charge in [0.1, 0.15) is 0 Å². The quantitative estimate of drug-likeness (QED) is 0.556. The third-order valence-electron chi connectivity index (χ3n) is 3.11. The summed E-state index contributed by atoms with van der Waals surface area (Å²) >= 11 is 2.23. The summed E-state index contributed by atoms with van der Waals surface area (Å²) in [5, 5.41) is 0. The molecule has 0 heterocycles. The van der Waals surface area contributed by atoms with Crippen molar-refractivity contribution in [2.75, 3.05) is 7.11 Å². The second kappa shape index (κ2) is 9.66. The van der Waals surface area contributed by atoms with E-state index in [9.17, 15) is 0 Å².